The molecule has 4 atom stereocenters. The van der Waals surface area contributed by atoms with E-state index in [1.54, 1.807) is 6.20 Å². The van der Waals surface area contributed by atoms with Crippen molar-refractivity contribution in [1.82, 2.24) is 36.1 Å². The van der Waals surface area contributed by atoms with Gasteiger partial charge in [0.05, 0.1) is 24.6 Å². The van der Waals surface area contributed by atoms with Crippen molar-refractivity contribution in [3.63, 3.8) is 0 Å². The van der Waals surface area contributed by atoms with Crippen LogP contribution in [0.1, 0.15) is 50.6 Å². The summed E-state index contributed by atoms with van der Waals surface area (Å²) >= 11 is 0. The first-order valence-electron chi connectivity index (χ1n) is 13.9. The lowest BCUT2D eigenvalue weighted by Gasteiger charge is -2.27. The summed E-state index contributed by atoms with van der Waals surface area (Å²) in [6.07, 6.45) is 5.87. The van der Waals surface area contributed by atoms with Crippen molar-refractivity contribution in [3.8, 4) is 0 Å². The van der Waals surface area contributed by atoms with Gasteiger partial charge in [0.25, 0.3) is 0 Å². The molecule has 234 valence electrons. The number of carbonyl (C=O) groups excluding carboxylic acids is 4. The molecule has 0 aliphatic carbocycles. The van der Waals surface area contributed by atoms with Gasteiger partial charge in [-0.05, 0) is 51.5 Å². The minimum Gasteiger partial charge on any atom is -0.480 e. The molecule has 0 unspecified atom stereocenters. The van der Waals surface area contributed by atoms with Crippen LogP contribution in [0.4, 0.5) is 0 Å². The van der Waals surface area contributed by atoms with Gasteiger partial charge in [-0.3, -0.25) is 24.6 Å². The van der Waals surface area contributed by atoms with Gasteiger partial charge in [0.2, 0.25) is 23.6 Å². The van der Waals surface area contributed by atoms with E-state index in [4.69, 9.17) is 22.6 Å². The number of aromatic amines is 1. The van der Waals surface area contributed by atoms with Crippen LogP contribution < -0.4 is 38.5 Å². The molecule has 1 aromatic heterocycles. The number of H-pyrrole nitrogens is 1. The molecule has 13 N–H and O–H groups in total. The summed E-state index contributed by atoms with van der Waals surface area (Å²) in [4.78, 5) is 71.5. The van der Waals surface area contributed by atoms with Crippen LogP contribution in [0.25, 0.3) is 0 Å². The quantitative estimate of drug-likeness (QED) is 0.0460. The van der Waals surface area contributed by atoms with Gasteiger partial charge in [-0.2, -0.15) is 0 Å². The van der Waals surface area contributed by atoms with E-state index in [-0.39, 0.29) is 44.9 Å². The van der Waals surface area contributed by atoms with Gasteiger partial charge < -0.3 is 53.5 Å². The minimum absolute atomic E-state index is 0.123. The molecular weight excluding hydrogens is 550 g/mol. The largest absolute Gasteiger partial charge is 0.480 e. The Morgan fingerprint density at radius 3 is 2.48 bits per heavy atom. The summed E-state index contributed by atoms with van der Waals surface area (Å²) in [6, 6.07) is -4.05. The molecule has 2 heterocycles. The Kier molecular flexibility index (Phi) is 14.2. The van der Waals surface area contributed by atoms with Crippen LogP contribution in [-0.4, -0.2) is 106 Å². The fourth-order valence-corrected chi connectivity index (χ4v) is 4.54. The van der Waals surface area contributed by atoms with Crippen LogP contribution in [0.3, 0.4) is 0 Å². The van der Waals surface area contributed by atoms with Gasteiger partial charge in [-0.15, -0.1) is 0 Å². The average molecular weight is 594 g/mol. The monoisotopic (exact) mass is 593 g/mol. The highest BCUT2D eigenvalue weighted by atomic mass is 16.4. The lowest BCUT2D eigenvalue weighted by atomic mass is 10.1. The first-order valence-corrected chi connectivity index (χ1v) is 13.9. The van der Waals surface area contributed by atoms with E-state index in [9.17, 15) is 29.1 Å². The maximum atomic E-state index is 13.3. The number of guanidine groups is 1. The molecule has 0 bridgehead atoms. The Labute approximate surface area is 243 Å². The van der Waals surface area contributed by atoms with Crippen molar-refractivity contribution >= 4 is 35.6 Å². The molecule has 4 amide bonds. The van der Waals surface area contributed by atoms with Gasteiger partial charge in [-0.25, -0.2) is 9.78 Å². The smallest absolute Gasteiger partial charge is 0.326 e. The SMILES string of the molecule is N=C(N)NCCC[C@H](NC(=O)[C@@H]1CCCN1C(=O)CNC(=O)[C@@H](N)Cc1c[nH]cn1)C(=O)N[C@@H](CCCCN)C(=O)O. The zero-order valence-electron chi connectivity index (χ0n) is 23.6. The van der Waals surface area contributed by atoms with Crippen molar-refractivity contribution in [2.24, 2.45) is 17.2 Å². The van der Waals surface area contributed by atoms with Crippen LogP contribution >= 0.6 is 0 Å². The molecule has 0 aromatic carbocycles. The fourth-order valence-electron chi connectivity index (χ4n) is 4.54. The normalized spacial score (nSPS) is 16.6. The zero-order chi connectivity index (χ0) is 31.1. The molecule has 1 aliphatic heterocycles. The van der Waals surface area contributed by atoms with Crippen molar-refractivity contribution in [3.05, 3.63) is 18.2 Å². The van der Waals surface area contributed by atoms with E-state index in [1.807, 2.05) is 0 Å². The number of imidazole rings is 1. The second-order valence-corrected chi connectivity index (χ2v) is 10.1. The molecule has 2 rings (SSSR count). The summed E-state index contributed by atoms with van der Waals surface area (Å²) in [5, 5.41) is 27.1. The van der Waals surface area contributed by atoms with E-state index in [1.165, 1.54) is 11.2 Å². The van der Waals surface area contributed by atoms with Gasteiger partial charge >= 0.3 is 5.97 Å². The highest BCUT2D eigenvalue weighted by Crippen LogP contribution is 2.18. The molecular formula is C25H43N11O6. The number of unbranched alkanes of at least 4 members (excludes halogenated alkanes) is 1. The van der Waals surface area contributed by atoms with Crippen molar-refractivity contribution in [1.29, 1.82) is 5.41 Å². The number of nitrogens with one attached hydrogen (secondary N) is 6. The van der Waals surface area contributed by atoms with E-state index in [2.05, 4.69) is 31.2 Å². The van der Waals surface area contributed by atoms with E-state index >= 15 is 0 Å². The number of carboxylic acids is 1. The van der Waals surface area contributed by atoms with Crippen molar-refractivity contribution in [2.75, 3.05) is 26.2 Å². The molecule has 1 aromatic rings. The van der Waals surface area contributed by atoms with Crippen LogP contribution in [0.5, 0.6) is 0 Å². The standard InChI is InChI=1S/C25H43N11O6/c26-8-2-1-5-18(24(41)42)35-22(39)17(6-3-9-31-25(28)29)34-23(40)19-7-4-10-36(19)20(37)13-32-21(38)16(27)11-15-12-30-14-33-15/h12,14,16-19H,1-11,13,26-27H2,(H,30,33)(H,32,38)(H,34,40)(H,35,39)(H,41,42)(H4,28,29,31)/t16-,17-,18-,19-/m0/s1. The van der Waals surface area contributed by atoms with Gasteiger partial charge in [0, 0.05) is 25.7 Å². The molecule has 0 spiro atoms. The summed E-state index contributed by atoms with van der Waals surface area (Å²) in [5.74, 6) is -3.73. The molecule has 1 aliphatic rings. The predicted octanol–water partition coefficient (Wildman–Crippen LogP) is -3.17. The van der Waals surface area contributed by atoms with E-state index < -0.39 is 53.8 Å². The summed E-state index contributed by atoms with van der Waals surface area (Å²) in [7, 11) is 0. The average Bonchev–Trinajstić information content (AvgIpc) is 3.65. The topological polar surface area (TPSA) is 288 Å². The number of nitrogens with zero attached hydrogens (tertiary/aromatic N) is 2. The lowest BCUT2D eigenvalue weighted by Crippen LogP contribution is -2.56. The number of likely N-dealkylation sites (tertiary alicyclic amines) is 1. The highest BCUT2D eigenvalue weighted by Gasteiger charge is 2.36. The van der Waals surface area contributed by atoms with Crippen molar-refractivity contribution in [2.45, 2.75) is 75.5 Å². The van der Waals surface area contributed by atoms with Crippen LogP contribution in [0, 0.1) is 5.41 Å². The number of carbonyl (C=O) groups is 5. The van der Waals surface area contributed by atoms with Gasteiger partial charge in [0.15, 0.2) is 5.96 Å². The number of rotatable bonds is 18. The summed E-state index contributed by atoms with van der Waals surface area (Å²) in [6.45, 7) is 0.568. The maximum Gasteiger partial charge on any atom is 0.326 e. The Morgan fingerprint density at radius 1 is 1.10 bits per heavy atom. The number of aromatic nitrogens is 2. The zero-order valence-corrected chi connectivity index (χ0v) is 23.6. The Morgan fingerprint density at radius 2 is 1.83 bits per heavy atom. The third kappa shape index (κ3) is 11.3. The molecule has 1 fully saturated rings. The van der Waals surface area contributed by atoms with Crippen LogP contribution in [0.2, 0.25) is 0 Å². The molecule has 42 heavy (non-hydrogen) atoms. The Balaban J connectivity index is 2.00. The number of hydrogen-bond donors (Lipinski definition) is 10. The molecule has 17 heteroatoms. The molecule has 0 saturated carbocycles. The molecule has 1 saturated heterocycles. The van der Waals surface area contributed by atoms with Crippen molar-refractivity contribution < 1.29 is 29.1 Å². The van der Waals surface area contributed by atoms with E-state index in [0.29, 0.717) is 44.3 Å². The molecule has 17 nitrogen and oxygen atoms in total. The lowest BCUT2D eigenvalue weighted by molar-refractivity contribution is -0.143. The number of carboxylic acid groups (broad SMARTS) is 1. The minimum atomic E-state index is -1.21. The second-order valence-electron chi connectivity index (χ2n) is 10.1. The predicted molar refractivity (Wildman–Crippen MR) is 152 cm³/mol. The fraction of sp³-hybridized carbons (Fsp3) is 0.640. The van der Waals surface area contributed by atoms with E-state index in [0.717, 1.165) is 0 Å². The van der Waals surface area contributed by atoms with Crippen LogP contribution in [0.15, 0.2) is 12.5 Å². The third-order valence-electron chi connectivity index (χ3n) is 6.79. The third-order valence-corrected chi connectivity index (χ3v) is 6.79. The number of amides is 4. The number of aliphatic carboxylic acids is 1. The second kappa shape index (κ2) is 17.5. The van der Waals surface area contributed by atoms with Gasteiger partial charge in [0.1, 0.15) is 18.1 Å². The number of hydrogen-bond acceptors (Lipinski definition) is 9. The summed E-state index contributed by atoms with van der Waals surface area (Å²) in [5.41, 5.74) is 17.3. The first kappa shape index (κ1) is 34.0. The highest BCUT2D eigenvalue weighted by molar-refractivity contribution is 5.94. The molecule has 0 radical (unpaired) electrons. The summed E-state index contributed by atoms with van der Waals surface area (Å²) < 4.78 is 0. The number of nitrogens with two attached hydrogens (primary N) is 3. The first-order chi connectivity index (χ1) is 20.0. The Hall–Kier alpha value is -4.25. The maximum absolute atomic E-state index is 13.3. The van der Waals surface area contributed by atoms with Gasteiger partial charge in [-0.1, -0.05) is 0 Å². The van der Waals surface area contributed by atoms with Crippen LogP contribution in [-0.2, 0) is 30.4 Å². The Bertz CT molecular complexity index is 1070.